The molecule has 7 nitrogen and oxygen atoms in total. The molecule has 1 aliphatic rings. The Labute approximate surface area is 247 Å². The number of aromatic hydroxyl groups is 1. The minimum absolute atomic E-state index is 0.133. The molecule has 0 spiro atoms. The summed E-state index contributed by atoms with van der Waals surface area (Å²) < 4.78 is 25.5. The number of aliphatic hydroxyl groups excluding tert-OH is 1. The summed E-state index contributed by atoms with van der Waals surface area (Å²) in [6.45, 7) is 4.15. The second kappa shape index (κ2) is 12.0. The third-order valence-corrected chi connectivity index (χ3v) is 7.20. The van der Waals surface area contributed by atoms with Gasteiger partial charge in [-0.2, -0.15) is 0 Å². The lowest BCUT2D eigenvalue weighted by molar-refractivity contribution is -0.132. The number of phenolic OH excluding ortho intramolecular Hbond substituents is 1. The molecule has 214 valence electrons. The van der Waals surface area contributed by atoms with Crippen molar-refractivity contribution < 1.29 is 33.7 Å². The number of carbonyl (C=O) groups is 2. The number of rotatable bonds is 8. The zero-order valence-corrected chi connectivity index (χ0v) is 23.6. The SMILES string of the molecule is CCOc1cc(C2/C(=C(\O)c3ccc(OCc4ccccc4)c(C)c3)C(=O)C(=O)N2c2ccc(F)c(Cl)c2)ccc1O. The minimum atomic E-state index is -1.14. The van der Waals surface area contributed by atoms with Crippen LogP contribution < -0.4 is 14.4 Å². The molecule has 0 aromatic heterocycles. The second-order valence-electron chi connectivity index (χ2n) is 9.68. The number of carbonyl (C=O) groups excluding carboxylic acids is 2. The third-order valence-electron chi connectivity index (χ3n) is 6.91. The van der Waals surface area contributed by atoms with E-state index in [1.54, 1.807) is 25.1 Å². The van der Waals surface area contributed by atoms with Crippen LogP contribution in [0.25, 0.3) is 5.76 Å². The lowest BCUT2D eigenvalue weighted by Crippen LogP contribution is -2.29. The molecule has 1 amide bonds. The largest absolute Gasteiger partial charge is 0.507 e. The Morgan fingerprint density at radius 3 is 2.40 bits per heavy atom. The highest BCUT2D eigenvalue weighted by Crippen LogP contribution is 2.44. The Morgan fingerprint density at radius 2 is 1.71 bits per heavy atom. The van der Waals surface area contributed by atoms with Gasteiger partial charge in [0, 0.05) is 11.3 Å². The minimum Gasteiger partial charge on any atom is -0.507 e. The van der Waals surface area contributed by atoms with Crippen molar-refractivity contribution in [1.29, 1.82) is 0 Å². The number of phenols is 1. The Hall–Kier alpha value is -4.82. The van der Waals surface area contributed by atoms with Crippen LogP contribution in [0.3, 0.4) is 0 Å². The number of ketones is 1. The molecule has 9 heteroatoms. The Balaban J connectivity index is 1.60. The average Bonchev–Trinajstić information content (AvgIpc) is 3.25. The van der Waals surface area contributed by atoms with E-state index in [1.165, 1.54) is 30.3 Å². The van der Waals surface area contributed by atoms with Crippen LogP contribution in [-0.4, -0.2) is 28.5 Å². The van der Waals surface area contributed by atoms with Gasteiger partial charge in [0.1, 0.15) is 23.9 Å². The molecule has 0 bridgehead atoms. The lowest BCUT2D eigenvalue weighted by Gasteiger charge is -2.26. The summed E-state index contributed by atoms with van der Waals surface area (Å²) in [7, 11) is 0. The first-order valence-electron chi connectivity index (χ1n) is 13.2. The Morgan fingerprint density at radius 1 is 0.952 bits per heavy atom. The molecule has 1 saturated heterocycles. The summed E-state index contributed by atoms with van der Waals surface area (Å²) in [6.07, 6.45) is 0. The van der Waals surface area contributed by atoms with Crippen LogP contribution in [-0.2, 0) is 16.2 Å². The van der Waals surface area contributed by atoms with Gasteiger partial charge in [-0.3, -0.25) is 14.5 Å². The molecule has 1 fully saturated rings. The molecule has 42 heavy (non-hydrogen) atoms. The van der Waals surface area contributed by atoms with Crippen molar-refractivity contribution in [2.45, 2.75) is 26.5 Å². The van der Waals surface area contributed by atoms with Crippen molar-refractivity contribution in [3.63, 3.8) is 0 Å². The summed E-state index contributed by atoms with van der Waals surface area (Å²) in [5, 5.41) is 21.6. The number of benzene rings is 4. The molecule has 0 saturated carbocycles. The van der Waals surface area contributed by atoms with E-state index in [0.29, 0.717) is 29.0 Å². The number of nitrogens with zero attached hydrogens (tertiary/aromatic N) is 1. The number of halogens is 2. The van der Waals surface area contributed by atoms with Crippen LogP contribution in [0.2, 0.25) is 5.02 Å². The van der Waals surface area contributed by atoms with Crippen molar-refractivity contribution in [2.24, 2.45) is 0 Å². The fraction of sp³-hybridized carbons (Fsp3) is 0.152. The molecule has 5 rings (SSSR count). The van der Waals surface area contributed by atoms with E-state index in [9.17, 15) is 24.2 Å². The van der Waals surface area contributed by atoms with Gasteiger partial charge in [0.15, 0.2) is 11.5 Å². The summed E-state index contributed by atoms with van der Waals surface area (Å²) in [4.78, 5) is 28.1. The summed E-state index contributed by atoms with van der Waals surface area (Å²) in [6, 6.07) is 21.5. The maximum absolute atomic E-state index is 14.0. The standard InChI is InChI=1S/C33H27ClFNO6/c1-3-41-28-16-21(9-13-26(28)37)30-29(32(39)33(40)36(30)23-11-12-25(35)24(34)17-23)31(38)22-10-14-27(19(2)15-22)42-18-20-7-5-4-6-8-20/h4-17,30,37-38H,3,18H2,1-2H3/b31-29+. The number of anilines is 1. The van der Waals surface area contributed by atoms with Crippen molar-refractivity contribution in [1.82, 2.24) is 0 Å². The predicted molar refractivity (Wildman–Crippen MR) is 157 cm³/mol. The molecule has 1 aliphatic heterocycles. The fourth-order valence-corrected chi connectivity index (χ4v) is 5.05. The van der Waals surface area contributed by atoms with Gasteiger partial charge in [-0.1, -0.05) is 48.0 Å². The predicted octanol–water partition coefficient (Wildman–Crippen LogP) is 7.10. The number of hydrogen-bond acceptors (Lipinski definition) is 6. The smallest absolute Gasteiger partial charge is 0.300 e. The van der Waals surface area contributed by atoms with Crippen LogP contribution in [0.15, 0.2) is 90.5 Å². The lowest BCUT2D eigenvalue weighted by atomic mass is 9.94. The highest BCUT2D eigenvalue weighted by molar-refractivity contribution is 6.51. The quantitative estimate of drug-likeness (QED) is 0.130. The summed E-state index contributed by atoms with van der Waals surface area (Å²) >= 11 is 6.02. The molecule has 2 N–H and O–H groups in total. The van der Waals surface area contributed by atoms with Crippen LogP contribution in [0.4, 0.5) is 10.1 Å². The molecular weight excluding hydrogens is 561 g/mol. The van der Waals surface area contributed by atoms with E-state index in [1.807, 2.05) is 37.3 Å². The first-order chi connectivity index (χ1) is 20.2. The van der Waals surface area contributed by atoms with Gasteiger partial charge >= 0.3 is 0 Å². The third kappa shape index (κ3) is 5.53. The highest BCUT2D eigenvalue weighted by atomic mass is 35.5. The van der Waals surface area contributed by atoms with Crippen molar-refractivity contribution >= 4 is 34.7 Å². The highest BCUT2D eigenvalue weighted by Gasteiger charge is 2.47. The van der Waals surface area contributed by atoms with Gasteiger partial charge < -0.3 is 19.7 Å². The van der Waals surface area contributed by atoms with Gasteiger partial charge in [-0.25, -0.2) is 4.39 Å². The number of Topliss-reactive ketones (excluding diaryl/α,β-unsaturated/α-hetero) is 1. The van der Waals surface area contributed by atoms with E-state index in [-0.39, 0.29) is 34.4 Å². The van der Waals surface area contributed by atoms with Gasteiger partial charge in [0.25, 0.3) is 11.7 Å². The molecule has 4 aromatic rings. The molecule has 1 unspecified atom stereocenters. The van der Waals surface area contributed by atoms with Crippen LogP contribution >= 0.6 is 11.6 Å². The van der Waals surface area contributed by atoms with Crippen molar-refractivity contribution in [3.8, 4) is 17.2 Å². The van der Waals surface area contributed by atoms with E-state index in [4.69, 9.17) is 21.1 Å². The van der Waals surface area contributed by atoms with Crippen molar-refractivity contribution in [2.75, 3.05) is 11.5 Å². The van der Waals surface area contributed by atoms with E-state index in [0.717, 1.165) is 16.5 Å². The van der Waals surface area contributed by atoms with Gasteiger partial charge in [0.2, 0.25) is 0 Å². The summed E-state index contributed by atoms with van der Waals surface area (Å²) in [5.74, 6) is -2.38. The van der Waals surface area contributed by atoms with E-state index >= 15 is 0 Å². The molecule has 1 heterocycles. The average molecular weight is 588 g/mol. The topological polar surface area (TPSA) is 96.3 Å². The first-order valence-corrected chi connectivity index (χ1v) is 13.6. The second-order valence-corrected chi connectivity index (χ2v) is 10.1. The van der Waals surface area contributed by atoms with E-state index < -0.39 is 29.3 Å². The number of ether oxygens (including phenoxy) is 2. The molecule has 0 radical (unpaired) electrons. The van der Waals surface area contributed by atoms with Gasteiger partial charge in [-0.15, -0.1) is 0 Å². The molecule has 1 atom stereocenters. The number of aliphatic hydroxyl groups is 1. The normalized spacial score (nSPS) is 16.1. The van der Waals surface area contributed by atoms with Crippen LogP contribution in [0.5, 0.6) is 17.2 Å². The van der Waals surface area contributed by atoms with Gasteiger partial charge in [-0.05, 0) is 79.1 Å². The van der Waals surface area contributed by atoms with E-state index in [2.05, 4.69) is 0 Å². The van der Waals surface area contributed by atoms with Gasteiger partial charge in [0.05, 0.1) is 23.2 Å². The zero-order chi connectivity index (χ0) is 30.0. The van der Waals surface area contributed by atoms with Crippen LogP contribution in [0, 0.1) is 12.7 Å². The molecular formula is C33H27ClFNO6. The van der Waals surface area contributed by atoms with Crippen LogP contribution in [0.1, 0.15) is 35.2 Å². The number of amides is 1. The Bertz CT molecular complexity index is 1700. The zero-order valence-electron chi connectivity index (χ0n) is 22.8. The maximum Gasteiger partial charge on any atom is 0.300 e. The number of hydrogen-bond donors (Lipinski definition) is 2. The number of aryl methyl sites for hydroxylation is 1. The molecule has 0 aliphatic carbocycles. The van der Waals surface area contributed by atoms with Crippen molar-refractivity contribution in [3.05, 3.63) is 124 Å². The monoisotopic (exact) mass is 587 g/mol. The first kappa shape index (κ1) is 28.7. The maximum atomic E-state index is 14.0. The Kier molecular flexibility index (Phi) is 8.17. The fourth-order valence-electron chi connectivity index (χ4n) is 4.87. The summed E-state index contributed by atoms with van der Waals surface area (Å²) in [5.41, 5.74) is 2.32. The molecule has 4 aromatic carbocycles.